The molecule has 0 unspecified atom stereocenters. The summed E-state index contributed by atoms with van der Waals surface area (Å²) in [6.45, 7) is 4.66. The third-order valence-electron chi connectivity index (χ3n) is 3.26. The van der Waals surface area contributed by atoms with Crippen LogP contribution in [0.4, 0.5) is 0 Å². The second-order valence-electron chi connectivity index (χ2n) is 4.85. The van der Waals surface area contributed by atoms with Crippen LogP contribution in [0.25, 0.3) is 11.0 Å². The summed E-state index contributed by atoms with van der Waals surface area (Å²) in [5.41, 5.74) is 1.29. The smallest absolute Gasteiger partial charge is 0.372 e. The van der Waals surface area contributed by atoms with Crippen LogP contribution in [-0.2, 0) is 11.3 Å². The lowest BCUT2D eigenvalue weighted by molar-refractivity contribution is 0.0663. The molecule has 2 aromatic rings. The minimum atomic E-state index is -1.04. The van der Waals surface area contributed by atoms with Crippen LogP contribution >= 0.6 is 0 Å². The highest BCUT2D eigenvalue weighted by Crippen LogP contribution is 2.25. The lowest BCUT2D eigenvalue weighted by atomic mass is 10.1. The van der Waals surface area contributed by atoms with Gasteiger partial charge in [0.15, 0.2) is 0 Å². The largest absolute Gasteiger partial charge is 0.475 e. The number of carboxylic acids is 1. The number of rotatable bonds is 9. The van der Waals surface area contributed by atoms with Crippen molar-refractivity contribution in [2.75, 3.05) is 19.8 Å². The van der Waals surface area contributed by atoms with E-state index in [1.807, 2.05) is 18.2 Å². The molecule has 2 rings (SSSR count). The summed E-state index contributed by atoms with van der Waals surface area (Å²) in [5, 5.41) is 13.3. The molecular weight excluding hydrogens is 270 g/mol. The zero-order valence-corrected chi connectivity index (χ0v) is 12.2. The molecule has 1 aromatic carbocycles. The van der Waals surface area contributed by atoms with Crippen LogP contribution in [0, 0.1) is 0 Å². The molecule has 5 heteroatoms. The predicted octanol–water partition coefficient (Wildman–Crippen LogP) is 3.04. The van der Waals surface area contributed by atoms with Crippen LogP contribution in [-0.4, -0.2) is 30.8 Å². The first-order valence-electron chi connectivity index (χ1n) is 7.26. The highest BCUT2D eigenvalue weighted by atomic mass is 16.5. The van der Waals surface area contributed by atoms with E-state index in [4.69, 9.17) is 9.15 Å². The fourth-order valence-electron chi connectivity index (χ4n) is 2.15. The Hall–Kier alpha value is -1.85. The number of hydrogen-bond acceptors (Lipinski definition) is 4. The summed E-state index contributed by atoms with van der Waals surface area (Å²) in [5.74, 6) is -1.03. The number of unbranched alkanes of at least 4 members (excludes halogenated alkanes) is 1. The maximum Gasteiger partial charge on any atom is 0.372 e. The molecule has 0 saturated heterocycles. The number of nitrogens with one attached hydrogen (secondary N) is 1. The van der Waals surface area contributed by atoms with E-state index in [0.29, 0.717) is 30.8 Å². The molecule has 1 aromatic heterocycles. The summed E-state index contributed by atoms with van der Waals surface area (Å²) >= 11 is 0. The molecule has 0 radical (unpaired) electrons. The van der Waals surface area contributed by atoms with Gasteiger partial charge in [-0.05, 0) is 12.5 Å². The van der Waals surface area contributed by atoms with Gasteiger partial charge in [0.05, 0.1) is 6.61 Å². The Balaban J connectivity index is 1.94. The molecule has 0 saturated carbocycles. The van der Waals surface area contributed by atoms with Crippen molar-refractivity contribution in [3.8, 4) is 0 Å². The molecule has 114 valence electrons. The first kappa shape index (κ1) is 15.5. The monoisotopic (exact) mass is 291 g/mol. The van der Waals surface area contributed by atoms with Gasteiger partial charge in [0.1, 0.15) is 5.58 Å². The van der Waals surface area contributed by atoms with Gasteiger partial charge >= 0.3 is 5.97 Å². The van der Waals surface area contributed by atoms with Crippen LogP contribution < -0.4 is 5.32 Å². The van der Waals surface area contributed by atoms with Crippen molar-refractivity contribution in [1.29, 1.82) is 0 Å². The van der Waals surface area contributed by atoms with E-state index in [-0.39, 0.29) is 5.76 Å². The molecule has 2 N–H and O–H groups in total. The third-order valence-corrected chi connectivity index (χ3v) is 3.26. The summed E-state index contributed by atoms with van der Waals surface area (Å²) in [7, 11) is 0. The third kappa shape index (κ3) is 4.06. The van der Waals surface area contributed by atoms with Crippen molar-refractivity contribution in [3.05, 3.63) is 35.6 Å². The van der Waals surface area contributed by atoms with Gasteiger partial charge in [0.25, 0.3) is 0 Å². The number of carboxylic acid groups (broad SMARTS) is 1. The highest BCUT2D eigenvalue weighted by molar-refractivity contribution is 5.95. The van der Waals surface area contributed by atoms with E-state index in [1.165, 1.54) is 0 Å². The van der Waals surface area contributed by atoms with Gasteiger partial charge in [-0.3, -0.25) is 0 Å². The van der Waals surface area contributed by atoms with Crippen LogP contribution in [0.3, 0.4) is 0 Å². The minimum Gasteiger partial charge on any atom is -0.475 e. The van der Waals surface area contributed by atoms with Gasteiger partial charge < -0.3 is 19.6 Å². The van der Waals surface area contributed by atoms with Crippen molar-refractivity contribution in [2.24, 2.45) is 0 Å². The molecular formula is C16H21NO4. The zero-order chi connectivity index (χ0) is 15.1. The number of aromatic carboxylic acids is 1. The molecule has 0 aliphatic carbocycles. The van der Waals surface area contributed by atoms with Crippen LogP contribution in [0.15, 0.2) is 28.7 Å². The second kappa shape index (κ2) is 7.81. The van der Waals surface area contributed by atoms with Gasteiger partial charge in [-0.2, -0.15) is 0 Å². The van der Waals surface area contributed by atoms with Crippen molar-refractivity contribution >= 4 is 16.9 Å². The summed E-state index contributed by atoms with van der Waals surface area (Å²) in [6.07, 6.45) is 2.19. The van der Waals surface area contributed by atoms with Gasteiger partial charge in [0.2, 0.25) is 5.76 Å². The van der Waals surface area contributed by atoms with Gasteiger partial charge in [-0.15, -0.1) is 0 Å². The fourth-order valence-corrected chi connectivity index (χ4v) is 2.15. The Morgan fingerprint density at radius 1 is 1.33 bits per heavy atom. The minimum absolute atomic E-state index is 0.00982. The molecule has 1 heterocycles. The average Bonchev–Trinajstić information content (AvgIpc) is 2.85. The molecule has 0 amide bonds. The van der Waals surface area contributed by atoms with Crippen molar-refractivity contribution in [3.63, 3.8) is 0 Å². The molecule has 0 fully saturated rings. The van der Waals surface area contributed by atoms with Gasteiger partial charge in [0, 0.05) is 30.6 Å². The topological polar surface area (TPSA) is 71.7 Å². The number of benzene rings is 1. The average molecular weight is 291 g/mol. The lowest BCUT2D eigenvalue weighted by Gasteiger charge is -2.05. The number of para-hydroxylation sites is 1. The molecule has 0 spiro atoms. The number of carbonyl (C=O) groups is 1. The zero-order valence-electron chi connectivity index (χ0n) is 12.2. The summed E-state index contributed by atoms with van der Waals surface area (Å²) in [6, 6.07) is 7.36. The summed E-state index contributed by atoms with van der Waals surface area (Å²) < 4.78 is 10.9. The van der Waals surface area contributed by atoms with E-state index in [2.05, 4.69) is 12.2 Å². The quantitative estimate of drug-likeness (QED) is 0.695. The van der Waals surface area contributed by atoms with Crippen molar-refractivity contribution in [2.45, 2.75) is 26.3 Å². The first-order valence-corrected chi connectivity index (χ1v) is 7.26. The molecule has 21 heavy (non-hydrogen) atoms. The SMILES string of the molecule is CCCCOCCNCc1c(C(=O)O)oc2ccccc12. The predicted molar refractivity (Wildman–Crippen MR) is 80.6 cm³/mol. The highest BCUT2D eigenvalue weighted by Gasteiger charge is 2.18. The Kier molecular flexibility index (Phi) is 5.78. The normalized spacial score (nSPS) is 11.1. The van der Waals surface area contributed by atoms with Gasteiger partial charge in [-0.1, -0.05) is 31.5 Å². The van der Waals surface area contributed by atoms with Crippen LogP contribution in [0.1, 0.15) is 35.9 Å². The molecule has 0 atom stereocenters. The number of furan rings is 1. The molecule has 0 aliphatic heterocycles. The molecule has 5 nitrogen and oxygen atoms in total. The van der Waals surface area contributed by atoms with E-state index in [1.54, 1.807) is 6.07 Å². The number of fused-ring (bicyclic) bond motifs is 1. The maximum atomic E-state index is 11.3. The van der Waals surface area contributed by atoms with Crippen molar-refractivity contribution < 1.29 is 19.1 Å². The Morgan fingerprint density at radius 3 is 2.90 bits per heavy atom. The molecule has 0 bridgehead atoms. The van der Waals surface area contributed by atoms with Crippen LogP contribution in [0.2, 0.25) is 0 Å². The van der Waals surface area contributed by atoms with E-state index < -0.39 is 5.97 Å². The summed E-state index contributed by atoms with van der Waals surface area (Å²) in [4.78, 5) is 11.3. The maximum absolute atomic E-state index is 11.3. The van der Waals surface area contributed by atoms with Gasteiger partial charge in [-0.25, -0.2) is 4.79 Å². The Labute approximate surface area is 123 Å². The second-order valence-corrected chi connectivity index (χ2v) is 4.85. The Morgan fingerprint density at radius 2 is 2.14 bits per heavy atom. The van der Waals surface area contributed by atoms with Crippen molar-refractivity contribution in [1.82, 2.24) is 5.32 Å². The first-order chi connectivity index (χ1) is 10.2. The van der Waals surface area contributed by atoms with E-state index in [9.17, 15) is 9.90 Å². The Bertz CT molecular complexity index is 591. The van der Waals surface area contributed by atoms with E-state index in [0.717, 1.165) is 24.8 Å². The number of ether oxygens (including phenoxy) is 1. The fraction of sp³-hybridized carbons (Fsp3) is 0.438. The standard InChI is InChI=1S/C16H21NO4/c1-2-3-9-20-10-8-17-11-13-12-6-4-5-7-14(12)21-15(13)16(18)19/h4-7,17H,2-3,8-11H2,1H3,(H,18,19). The van der Waals surface area contributed by atoms with Crippen LogP contribution in [0.5, 0.6) is 0 Å². The lowest BCUT2D eigenvalue weighted by Crippen LogP contribution is -2.20. The van der Waals surface area contributed by atoms with E-state index >= 15 is 0 Å². The number of hydrogen-bond donors (Lipinski definition) is 2. The molecule has 0 aliphatic rings.